The van der Waals surface area contributed by atoms with Gasteiger partial charge in [0.1, 0.15) is 5.82 Å². The van der Waals surface area contributed by atoms with E-state index in [1.54, 1.807) is 0 Å². The van der Waals surface area contributed by atoms with Gasteiger partial charge in [-0.25, -0.2) is 4.98 Å². The second-order valence-corrected chi connectivity index (χ2v) is 4.16. The smallest absolute Gasteiger partial charge is 0.105 e. The Morgan fingerprint density at radius 3 is 2.07 bits per heavy atom. The Kier molecular flexibility index (Phi) is 2.35. The molecule has 15 heavy (non-hydrogen) atoms. The summed E-state index contributed by atoms with van der Waals surface area (Å²) in [4.78, 5) is 4.53. The van der Waals surface area contributed by atoms with Gasteiger partial charge in [0.15, 0.2) is 0 Å². The van der Waals surface area contributed by atoms with Gasteiger partial charge in [0.25, 0.3) is 0 Å². The van der Waals surface area contributed by atoms with Crippen LogP contribution in [0.2, 0.25) is 0 Å². The average Bonchev–Trinajstić information content (AvgIpc) is 2.45. The molecule has 2 aromatic rings. The third-order valence-electron chi connectivity index (χ3n) is 2.63. The number of hydrogen-bond acceptors (Lipinski definition) is 1. The average molecular weight is 200 g/mol. The van der Waals surface area contributed by atoms with Gasteiger partial charge in [0.05, 0.1) is 5.69 Å². The summed E-state index contributed by atoms with van der Waals surface area (Å²) in [6.45, 7) is 6.25. The molecule has 2 heteroatoms. The zero-order valence-corrected chi connectivity index (χ0v) is 9.70. The summed E-state index contributed by atoms with van der Waals surface area (Å²) in [6, 6.07) is 6.53. The fraction of sp³-hybridized carbons (Fsp3) is 0.308. The van der Waals surface area contributed by atoms with Crippen LogP contribution in [0.1, 0.15) is 17.0 Å². The molecule has 2 rings (SSSR count). The topological polar surface area (TPSA) is 17.8 Å². The van der Waals surface area contributed by atoms with Crippen LogP contribution < -0.4 is 0 Å². The first-order valence-electron chi connectivity index (χ1n) is 5.15. The summed E-state index contributed by atoms with van der Waals surface area (Å²) < 4.78 is 2.05. The normalized spacial score (nSPS) is 10.7. The zero-order valence-electron chi connectivity index (χ0n) is 9.70. The SMILES string of the molecule is Cc1cc(C)cc(-c2cn(C)c(C)n2)c1. The standard InChI is InChI=1S/C13H16N2/c1-9-5-10(2)7-12(6-9)13-8-15(4)11(3)14-13/h5-8H,1-4H3. The number of rotatable bonds is 1. The Bertz CT molecular complexity index is 455. The first-order chi connectivity index (χ1) is 7.06. The monoisotopic (exact) mass is 200 g/mol. The van der Waals surface area contributed by atoms with E-state index in [2.05, 4.69) is 43.2 Å². The fourth-order valence-electron chi connectivity index (χ4n) is 1.82. The fourth-order valence-corrected chi connectivity index (χ4v) is 1.82. The quantitative estimate of drug-likeness (QED) is 0.692. The second kappa shape index (κ2) is 3.54. The minimum absolute atomic E-state index is 1.05. The molecule has 0 atom stereocenters. The molecule has 0 saturated heterocycles. The van der Waals surface area contributed by atoms with E-state index in [4.69, 9.17) is 0 Å². The van der Waals surface area contributed by atoms with E-state index in [1.165, 1.54) is 16.7 Å². The van der Waals surface area contributed by atoms with Crippen molar-refractivity contribution in [2.45, 2.75) is 20.8 Å². The van der Waals surface area contributed by atoms with Gasteiger partial charge >= 0.3 is 0 Å². The molecule has 0 bridgehead atoms. The van der Waals surface area contributed by atoms with E-state index in [-0.39, 0.29) is 0 Å². The number of benzene rings is 1. The molecule has 0 fully saturated rings. The first-order valence-corrected chi connectivity index (χ1v) is 5.15. The van der Waals surface area contributed by atoms with E-state index >= 15 is 0 Å². The largest absolute Gasteiger partial charge is 0.338 e. The molecular formula is C13H16N2. The molecule has 78 valence electrons. The lowest BCUT2D eigenvalue weighted by molar-refractivity contribution is 0.858. The van der Waals surface area contributed by atoms with Crippen molar-refractivity contribution in [3.05, 3.63) is 41.3 Å². The van der Waals surface area contributed by atoms with Crippen LogP contribution in [-0.2, 0) is 7.05 Å². The zero-order chi connectivity index (χ0) is 11.0. The number of nitrogens with zero attached hydrogens (tertiary/aromatic N) is 2. The molecule has 1 aromatic heterocycles. The molecule has 0 radical (unpaired) electrons. The molecule has 0 aliphatic rings. The van der Waals surface area contributed by atoms with Crippen molar-refractivity contribution in [1.82, 2.24) is 9.55 Å². The van der Waals surface area contributed by atoms with E-state index in [9.17, 15) is 0 Å². The number of imidazole rings is 1. The Balaban J connectivity index is 2.53. The molecule has 0 N–H and O–H groups in total. The van der Waals surface area contributed by atoms with Gasteiger partial charge in [-0.05, 0) is 32.9 Å². The van der Waals surface area contributed by atoms with Crippen molar-refractivity contribution in [2.75, 3.05) is 0 Å². The summed E-state index contributed by atoms with van der Waals surface area (Å²) in [5.41, 5.74) is 4.83. The minimum atomic E-state index is 1.05. The van der Waals surface area contributed by atoms with E-state index < -0.39 is 0 Å². The van der Waals surface area contributed by atoms with Gasteiger partial charge < -0.3 is 4.57 Å². The van der Waals surface area contributed by atoms with Crippen LogP contribution in [0.25, 0.3) is 11.3 Å². The second-order valence-electron chi connectivity index (χ2n) is 4.16. The number of aromatic nitrogens is 2. The number of hydrogen-bond donors (Lipinski definition) is 0. The Hall–Kier alpha value is -1.57. The van der Waals surface area contributed by atoms with Crippen LogP contribution in [0, 0.1) is 20.8 Å². The van der Waals surface area contributed by atoms with Crippen LogP contribution in [0.4, 0.5) is 0 Å². The van der Waals surface area contributed by atoms with E-state index in [0.717, 1.165) is 11.5 Å². The first kappa shape index (κ1) is 9.97. The predicted molar refractivity (Wildman–Crippen MR) is 62.9 cm³/mol. The highest BCUT2D eigenvalue weighted by Gasteiger charge is 2.04. The summed E-state index contributed by atoms with van der Waals surface area (Å²) in [5, 5.41) is 0. The van der Waals surface area contributed by atoms with Gasteiger partial charge in [-0.15, -0.1) is 0 Å². The highest BCUT2D eigenvalue weighted by Crippen LogP contribution is 2.21. The van der Waals surface area contributed by atoms with Crippen LogP contribution in [-0.4, -0.2) is 9.55 Å². The molecule has 0 unspecified atom stereocenters. The summed E-state index contributed by atoms with van der Waals surface area (Å²) in [6.07, 6.45) is 2.07. The van der Waals surface area contributed by atoms with Gasteiger partial charge in [0, 0.05) is 18.8 Å². The lowest BCUT2D eigenvalue weighted by Crippen LogP contribution is -1.86. The van der Waals surface area contributed by atoms with Gasteiger partial charge in [-0.1, -0.05) is 17.2 Å². The predicted octanol–water partition coefficient (Wildman–Crippen LogP) is 3.01. The van der Waals surface area contributed by atoms with Crippen LogP contribution in [0.15, 0.2) is 24.4 Å². The van der Waals surface area contributed by atoms with Crippen molar-refractivity contribution >= 4 is 0 Å². The maximum Gasteiger partial charge on any atom is 0.105 e. The maximum absolute atomic E-state index is 4.53. The van der Waals surface area contributed by atoms with Crippen molar-refractivity contribution < 1.29 is 0 Å². The molecule has 2 nitrogen and oxygen atoms in total. The Morgan fingerprint density at radius 2 is 1.60 bits per heavy atom. The summed E-state index contributed by atoms with van der Waals surface area (Å²) in [5.74, 6) is 1.05. The molecule has 0 aliphatic carbocycles. The molecule has 1 aromatic carbocycles. The summed E-state index contributed by atoms with van der Waals surface area (Å²) in [7, 11) is 2.02. The molecule has 0 aliphatic heterocycles. The molecular weight excluding hydrogens is 184 g/mol. The van der Waals surface area contributed by atoms with Crippen LogP contribution in [0.5, 0.6) is 0 Å². The van der Waals surface area contributed by atoms with Crippen molar-refractivity contribution in [1.29, 1.82) is 0 Å². The summed E-state index contributed by atoms with van der Waals surface area (Å²) >= 11 is 0. The lowest BCUT2D eigenvalue weighted by Gasteiger charge is -2.01. The molecule has 0 saturated carbocycles. The maximum atomic E-state index is 4.53. The van der Waals surface area contributed by atoms with Gasteiger partial charge in [-0.2, -0.15) is 0 Å². The third-order valence-corrected chi connectivity index (χ3v) is 2.63. The molecule has 0 spiro atoms. The van der Waals surface area contributed by atoms with Crippen molar-refractivity contribution in [2.24, 2.45) is 7.05 Å². The highest BCUT2D eigenvalue weighted by molar-refractivity contribution is 5.60. The Morgan fingerprint density at radius 1 is 1.00 bits per heavy atom. The van der Waals surface area contributed by atoms with Gasteiger partial charge in [0.2, 0.25) is 0 Å². The van der Waals surface area contributed by atoms with E-state index in [1.807, 2.05) is 18.5 Å². The third kappa shape index (κ3) is 1.94. The Labute approximate surface area is 90.6 Å². The molecule has 0 amide bonds. The lowest BCUT2D eigenvalue weighted by atomic mass is 10.1. The van der Waals surface area contributed by atoms with Crippen LogP contribution in [0.3, 0.4) is 0 Å². The van der Waals surface area contributed by atoms with Crippen molar-refractivity contribution in [3.63, 3.8) is 0 Å². The number of aryl methyl sites for hydroxylation is 4. The van der Waals surface area contributed by atoms with Crippen molar-refractivity contribution in [3.8, 4) is 11.3 Å². The minimum Gasteiger partial charge on any atom is -0.338 e. The van der Waals surface area contributed by atoms with E-state index in [0.29, 0.717) is 0 Å². The molecule has 1 heterocycles. The van der Waals surface area contributed by atoms with Gasteiger partial charge in [-0.3, -0.25) is 0 Å². The van der Waals surface area contributed by atoms with Crippen LogP contribution >= 0.6 is 0 Å². The highest BCUT2D eigenvalue weighted by atomic mass is 15.0.